The van der Waals surface area contributed by atoms with Gasteiger partial charge in [0.25, 0.3) is 0 Å². The van der Waals surface area contributed by atoms with Gasteiger partial charge in [-0.15, -0.1) is 0 Å². The maximum absolute atomic E-state index is 12.7. The lowest BCUT2D eigenvalue weighted by Gasteiger charge is -2.04. The number of aryl methyl sites for hydroxylation is 1. The number of benzene rings is 2. The molecule has 1 unspecified atom stereocenters. The Balaban J connectivity index is 0.00000225. The number of thiol groups is 1. The van der Waals surface area contributed by atoms with E-state index < -0.39 is 11.0 Å². The summed E-state index contributed by atoms with van der Waals surface area (Å²) >= 11 is 3.40. The molecule has 132 valence electrons. The van der Waals surface area contributed by atoms with Crippen molar-refractivity contribution in [2.24, 2.45) is 7.05 Å². The zero-order valence-electron chi connectivity index (χ0n) is 14.0. The molecular weight excluding hydrogens is 402 g/mol. The average Bonchev–Trinajstić information content (AvgIpc) is 2.84. The van der Waals surface area contributed by atoms with Gasteiger partial charge in [-0.25, -0.2) is 0 Å². The van der Waals surface area contributed by atoms with E-state index in [0.29, 0.717) is 6.42 Å². The molecule has 3 rings (SSSR count). The highest BCUT2D eigenvalue weighted by molar-refractivity contribution is 9.10. The van der Waals surface area contributed by atoms with Crippen LogP contribution in [0.5, 0.6) is 0 Å². The summed E-state index contributed by atoms with van der Waals surface area (Å²) < 4.78 is 18.6. The first-order valence-electron chi connectivity index (χ1n) is 7.60. The van der Waals surface area contributed by atoms with Crippen LogP contribution in [0.15, 0.2) is 64.0 Å². The number of hydrogen-bond acceptors (Lipinski definition) is 3. The zero-order chi connectivity index (χ0) is 17.1. The molecule has 5 nitrogen and oxygen atoms in total. The minimum absolute atomic E-state index is 0. The molecule has 0 saturated carbocycles. The van der Waals surface area contributed by atoms with Crippen LogP contribution < -0.4 is 4.72 Å². The van der Waals surface area contributed by atoms with Gasteiger partial charge in [0.15, 0.2) is 15.9 Å². The summed E-state index contributed by atoms with van der Waals surface area (Å²) in [5, 5.41) is 4.58. The molecule has 2 N–H and O–H groups in total. The third kappa shape index (κ3) is 4.56. The lowest BCUT2D eigenvalue weighted by atomic mass is 10.1. The minimum atomic E-state index is -1.73. The van der Waals surface area contributed by atoms with Crippen molar-refractivity contribution in [3.05, 3.63) is 76.0 Å². The SMILES string of the molecule is Cc1c(N[SH+](=O)c2ccc(Br)cc2)c(Cc2ccccc2)nn1C.[OH-]. The standard InChI is InChI=1S/C18H18BrN3OS.H2O/c1-13-18(21-24(23)16-10-8-15(19)9-11-16)17(20-22(13)2)12-14-6-4-3-5-7-14;/h3-11H,12H2,1-2H3,(H,21,23);1H2. The van der Waals surface area contributed by atoms with E-state index in [2.05, 4.69) is 37.9 Å². The van der Waals surface area contributed by atoms with E-state index in [1.165, 1.54) is 5.56 Å². The third-order valence-corrected chi connectivity index (χ3v) is 5.62. The Hall–Kier alpha value is -1.96. The molecule has 0 spiro atoms. The van der Waals surface area contributed by atoms with E-state index in [4.69, 9.17) is 0 Å². The molecule has 0 aliphatic carbocycles. The Bertz CT molecular complexity index is 864. The van der Waals surface area contributed by atoms with Crippen LogP contribution in [-0.2, 0) is 28.7 Å². The van der Waals surface area contributed by atoms with Crippen LogP contribution in [0.4, 0.5) is 5.69 Å². The summed E-state index contributed by atoms with van der Waals surface area (Å²) in [5.74, 6) is 0. The fourth-order valence-corrected chi connectivity index (χ4v) is 3.78. The van der Waals surface area contributed by atoms with Gasteiger partial charge in [0, 0.05) is 17.9 Å². The summed E-state index contributed by atoms with van der Waals surface area (Å²) in [6.45, 7) is 1.98. The Labute approximate surface area is 158 Å². The van der Waals surface area contributed by atoms with E-state index in [-0.39, 0.29) is 5.48 Å². The Morgan fingerprint density at radius 2 is 1.76 bits per heavy atom. The van der Waals surface area contributed by atoms with Gasteiger partial charge in [0.05, 0.1) is 11.4 Å². The molecule has 1 atom stereocenters. The molecule has 3 aromatic rings. The molecule has 0 aliphatic rings. The van der Waals surface area contributed by atoms with Crippen molar-refractivity contribution < 1.29 is 9.69 Å². The van der Waals surface area contributed by atoms with Crippen LogP contribution in [0.1, 0.15) is 17.0 Å². The Kier molecular flexibility index (Phi) is 6.52. The maximum atomic E-state index is 12.7. The summed E-state index contributed by atoms with van der Waals surface area (Å²) in [6, 6.07) is 17.7. The normalized spacial score (nSPS) is 11.6. The highest BCUT2D eigenvalue weighted by atomic mass is 79.9. The van der Waals surface area contributed by atoms with Crippen molar-refractivity contribution in [2.45, 2.75) is 18.2 Å². The smallest absolute Gasteiger partial charge is 0.197 e. The lowest BCUT2D eigenvalue weighted by Crippen LogP contribution is -2.06. The first kappa shape index (κ1) is 19.4. The number of nitrogens with zero attached hydrogens (tertiary/aromatic N) is 2. The minimum Gasteiger partial charge on any atom is -0.870 e. The molecule has 1 aromatic heterocycles. The largest absolute Gasteiger partial charge is 0.870 e. The number of hydrogen-bond donors (Lipinski definition) is 1. The van der Waals surface area contributed by atoms with Crippen molar-refractivity contribution in [3.8, 4) is 0 Å². The second-order valence-electron chi connectivity index (χ2n) is 5.58. The molecule has 0 radical (unpaired) electrons. The quantitative estimate of drug-likeness (QED) is 0.499. The van der Waals surface area contributed by atoms with Crippen LogP contribution in [-0.4, -0.2) is 15.3 Å². The molecule has 1 heterocycles. The predicted octanol–water partition coefficient (Wildman–Crippen LogP) is 3.99. The average molecular weight is 422 g/mol. The molecule has 0 aliphatic heterocycles. The van der Waals surface area contributed by atoms with Gasteiger partial charge in [-0.1, -0.05) is 50.5 Å². The number of aromatic nitrogens is 2. The lowest BCUT2D eigenvalue weighted by molar-refractivity contribution is 0.598. The number of halogens is 1. The molecule has 0 bridgehead atoms. The summed E-state index contributed by atoms with van der Waals surface area (Å²) in [5.41, 5.74) is 3.91. The molecule has 7 heteroatoms. The van der Waals surface area contributed by atoms with Crippen molar-refractivity contribution in [3.63, 3.8) is 0 Å². The fourth-order valence-electron chi connectivity index (χ4n) is 2.48. The summed E-state index contributed by atoms with van der Waals surface area (Å²) in [6.07, 6.45) is 0.703. The molecule has 0 fully saturated rings. The number of anilines is 1. The van der Waals surface area contributed by atoms with Crippen molar-refractivity contribution in [1.29, 1.82) is 0 Å². The topological polar surface area (TPSA) is 76.9 Å². The molecular formula is C18H20BrN3O2S. The van der Waals surface area contributed by atoms with Gasteiger partial charge in [-0.2, -0.15) is 9.82 Å². The number of rotatable bonds is 5. The van der Waals surface area contributed by atoms with Crippen LogP contribution in [0.3, 0.4) is 0 Å². The third-order valence-electron chi connectivity index (χ3n) is 3.90. The fraction of sp³-hybridized carbons (Fsp3) is 0.167. The van der Waals surface area contributed by atoms with Crippen molar-refractivity contribution in [2.75, 3.05) is 4.72 Å². The van der Waals surface area contributed by atoms with E-state index >= 15 is 0 Å². The van der Waals surface area contributed by atoms with Gasteiger partial charge in [0.2, 0.25) is 0 Å². The van der Waals surface area contributed by atoms with E-state index in [0.717, 1.165) is 26.4 Å². The van der Waals surface area contributed by atoms with Crippen molar-refractivity contribution >= 4 is 32.6 Å². The Morgan fingerprint density at radius 1 is 1.12 bits per heavy atom. The van der Waals surface area contributed by atoms with E-state index in [1.54, 1.807) is 0 Å². The highest BCUT2D eigenvalue weighted by Crippen LogP contribution is 2.24. The second kappa shape index (κ2) is 8.42. The van der Waals surface area contributed by atoms with E-state index in [1.807, 2.05) is 61.1 Å². The van der Waals surface area contributed by atoms with Gasteiger partial charge in [-0.05, 0) is 36.8 Å². The monoisotopic (exact) mass is 421 g/mol. The first-order valence-corrected chi connectivity index (χ1v) is 9.65. The van der Waals surface area contributed by atoms with E-state index in [9.17, 15) is 4.21 Å². The zero-order valence-corrected chi connectivity index (χ0v) is 16.5. The maximum Gasteiger partial charge on any atom is 0.197 e. The van der Waals surface area contributed by atoms with Gasteiger partial charge in [-0.3, -0.25) is 4.68 Å². The second-order valence-corrected chi connectivity index (χ2v) is 7.82. The molecule has 25 heavy (non-hydrogen) atoms. The van der Waals surface area contributed by atoms with Gasteiger partial charge in [0.1, 0.15) is 5.69 Å². The number of nitrogens with one attached hydrogen (secondary N) is 1. The van der Waals surface area contributed by atoms with Crippen molar-refractivity contribution in [1.82, 2.24) is 9.78 Å². The van der Waals surface area contributed by atoms with Crippen LogP contribution in [0.25, 0.3) is 0 Å². The van der Waals surface area contributed by atoms with Crippen LogP contribution in [0, 0.1) is 6.92 Å². The highest BCUT2D eigenvalue weighted by Gasteiger charge is 2.19. The van der Waals surface area contributed by atoms with Gasteiger partial charge < -0.3 is 5.48 Å². The van der Waals surface area contributed by atoms with Crippen LogP contribution in [0.2, 0.25) is 0 Å². The summed E-state index contributed by atoms with van der Waals surface area (Å²) in [7, 11) is 0.172. The first-order chi connectivity index (χ1) is 11.5. The van der Waals surface area contributed by atoms with Gasteiger partial charge >= 0.3 is 0 Å². The van der Waals surface area contributed by atoms with Crippen LogP contribution >= 0.6 is 15.9 Å². The Morgan fingerprint density at radius 3 is 2.40 bits per heavy atom. The summed E-state index contributed by atoms with van der Waals surface area (Å²) in [4.78, 5) is 0.766. The predicted molar refractivity (Wildman–Crippen MR) is 105 cm³/mol. The molecule has 0 amide bonds. The molecule has 2 aromatic carbocycles. The molecule has 0 saturated heterocycles.